The number of aromatic nitrogens is 3. The number of nitrogen functional groups attached to an aromatic ring is 1. The van der Waals surface area contributed by atoms with Gasteiger partial charge in [0, 0.05) is 0 Å². The van der Waals surface area contributed by atoms with Gasteiger partial charge in [-0.3, -0.25) is 0 Å². The molecule has 0 amide bonds. The summed E-state index contributed by atoms with van der Waals surface area (Å²) in [6.07, 6.45) is -3.04. The van der Waals surface area contributed by atoms with E-state index in [0.29, 0.717) is 0 Å². The number of rotatable bonds is 3. The van der Waals surface area contributed by atoms with E-state index in [1.165, 1.54) is 7.11 Å². The Morgan fingerprint density at radius 3 is 2.69 bits per heavy atom. The molecular weight excluding hydrogens is 182 g/mol. The largest absolute Gasteiger partial charge is 0.480 e. The van der Waals surface area contributed by atoms with Crippen molar-refractivity contribution in [2.75, 3.05) is 12.8 Å². The Morgan fingerprint density at radius 2 is 2.15 bits per heavy atom. The molecule has 0 aliphatic carbocycles. The highest BCUT2D eigenvalue weighted by Gasteiger charge is 2.13. The van der Waals surface area contributed by atoms with E-state index in [9.17, 15) is 8.78 Å². The molecule has 0 aromatic carbocycles. The quantitative estimate of drug-likeness (QED) is 0.740. The van der Waals surface area contributed by atoms with Crippen LogP contribution >= 0.6 is 0 Å². The Kier molecular flexibility index (Phi) is 2.88. The van der Waals surface area contributed by atoms with Gasteiger partial charge in [-0.1, -0.05) is 0 Å². The molecule has 0 unspecified atom stereocenters. The average molecular weight is 190 g/mol. The second kappa shape index (κ2) is 3.92. The molecule has 0 saturated carbocycles. The normalized spacial score (nSPS) is 10.5. The van der Waals surface area contributed by atoms with E-state index in [1.54, 1.807) is 0 Å². The second-order valence-electron chi connectivity index (χ2n) is 2.22. The van der Waals surface area contributed by atoms with Gasteiger partial charge in [0.15, 0.2) is 0 Å². The first-order chi connectivity index (χ1) is 6.13. The Labute approximate surface area is 72.9 Å². The number of nitrogens with zero attached hydrogens (tertiary/aromatic N) is 3. The molecule has 0 radical (unpaired) electrons. The van der Waals surface area contributed by atoms with Crippen molar-refractivity contribution in [2.45, 2.75) is 12.8 Å². The van der Waals surface area contributed by atoms with E-state index in [2.05, 4.69) is 15.2 Å². The molecule has 1 rings (SSSR count). The third kappa shape index (κ3) is 2.46. The first-order valence-corrected chi connectivity index (χ1v) is 3.44. The molecule has 0 saturated heterocycles. The zero-order valence-corrected chi connectivity index (χ0v) is 6.87. The minimum Gasteiger partial charge on any atom is -0.480 e. The highest BCUT2D eigenvalue weighted by molar-refractivity contribution is 5.24. The number of hydrogen-bond acceptors (Lipinski definition) is 5. The monoisotopic (exact) mass is 190 g/mol. The second-order valence-corrected chi connectivity index (χ2v) is 2.22. The zero-order chi connectivity index (χ0) is 9.84. The minimum atomic E-state index is -2.51. The highest BCUT2D eigenvalue weighted by Crippen LogP contribution is 2.15. The van der Waals surface area contributed by atoms with Crippen LogP contribution < -0.4 is 10.5 Å². The van der Waals surface area contributed by atoms with Crippen LogP contribution in [0.5, 0.6) is 5.88 Å². The van der Waals surface area contributed by atoms with Crippen LogP contribution in [0, 0.1) is 0 Å². The van der Waals surface area contributed by atoms with Crippen LogP contribution in [0.25, 0.3) is 0 Å². The molecule has 0 fully saturated rings. The summed E-state index contributed by atoms with van der Waals surface area (Å²) >= 11 is 0. The van der Waals surface area contributed by atoms with Gasteiger partial charge in [-0.05, 0) is 0 Å². The van der Waals surface area contributed by atoms with Crippen molar-refractivity contribution in [1.29, 1.82) is 0 Å². The standard InChI is InChI=1S/C6H8F2N4O/c1-13-5-3(2-4(7)8)11-12-6(9)10-5/h4H,2H2,1H3,(H2,9,10,12). The van der Waals surface area contributed by atoms with Gasteiger partial charge in [0.2, 0.25) is 18.3 Å². The van der Waals surface area contributed by atoms with Crippen LogP contribution in [-0.2, 0) is 6.42 Å². The number of halogens is 2. The van der Waals surface area contributed by atoms with E-state index < -0.39 is 12.8 Å². The number of hydrogen-bond donors (Lipinski definition) is 1. The van der Waals surface area contributed by atoms with Crippen LogP contribution in [0.2, 0.25) is 0 Å². The predicted octanol–water partition coefficient (Wildman–Crippen LogP) is 0.270. The van der Waals surface area contributed by atoms with E-state index in [1.807, 2.05) is 0 Å². The van der Waals surface area contributed by atoms with E-state index in [4.69, 9.17) is 10.5 Å². The van der Waals surface area contributed by atoms with Gasteiger partial charge in [0.25, 0.3) is 0 Å². The summed E-state index contributed by atoms with van der Waals surface area (Å²) in [7, 11) is 1.30. The van der Waals surface area contributed by atoms with Crippen molar-refractivity contribution in [2.24, 2.45) is 0 Å². The molecule has 2 N–H and O–H groups in total. The van der Waals surface area contributed by atoms with Crippen LogP contribution in [0.4, 0.5) is 14.7 Å². The third-order valence-electron chi connectivity index (χ3n) is 1.28. The Bertz CT molecular complexity index is 294. The van der Waals surface area contributed by atoms with E-state index >= 15 is 0 Å². The van der Waals surface area contributed by atoms with Gasteiger partial charge in [0.05, 0.1) is 13.5 Å². The van der Waals surface area contributed by atoms with Gasteiger partial charge >= 0.3 is 0 Å². The Morgan fingerprint density at radius 1 is 1.46 bits per heavy atom. The SMILES string of the molecule is COc1nc(N)nnc1CC(F)F. The van der Waals surface area contributed by atoms with Crippen molar-refractivity contribution < 1.29 is 13.5 Å². The third-order valence-corrected chi connectivity index (χ3v) is 1.28. The lowest BCUT2D eigenvalue weighted by atomic mass is 10.3. The molecule has 0 spiro atoms. The molecule has 0 bridgehead atoms. The van der Waals surface area contributed by atoms with Gasteiger partial charge in [-0.25, -0.2) is 8.78 Å². The summed E-state index contributed by atoms with van der Waals surface area (Å²) in [4.78, 5) is 3.59. The molecule has 1 heterocycles. The molecular formula is C6H8F2N4O. The Hall–Kier alpha value is -1.53. The molecule has 1 aromatic heterocycles. The molecule has 13 heavy (non-hydrogen) atoms. The summed E-state index contributed by atoms with van der Waals surface area (Å²) in [5.74, 6) is -0.109. The maximum absolute atomic E-state index is 12.0. The van der Waals surface area contributed by atoms with Crippen LogP contribution in [0.3, 0.4) is 0 Å². The number of anilines is 1. The van der Waals surface area contributed by atoms with Crippen molar-refractivity contribution in [3.05, 3.63) is 5.69 Å². The summed E-state index contributed by atoms with van der Waals surface area (Å²) in [6.45, 7) is 0. The van der Waals surface area contributed by atoms with Crippen LogP contribution in [0.15, 0.2) is 0 Å². The highest BCUT2D eigenvalue weighted by atomic mass is 19.3. The fourth-order valence-corrected chi connectivity index (χ4v) is 0.783. The molecule has 1 aromatic rings. The molecule has 0 aliphatic rings. The lowest BCUT2D eigenvalue weighted by molar-refractivity contribution is 0.146. The van der Waals surface area contributed by atoms with E-state index in [0.717, 1.165) is 0 Å². The van der Waals surface area contributed by atoms with Gasteiger partial charge in [-0.15, -0.1) is 10.2 Å². The number of alkyl halides is 2. The lowest BCUT2D eigenvalue weighted by Gasteiger charge is -2.04. The van der Waals surface area contributed by atoms with Crippen molar-refractivity contribution in [1.82, 2.24) is 15.2 Å². The van der Waals surface area contributed by atoms with Crippen LogP contribution in [-0.4, -0.2) is 28.7 Å². The van der Waals surface area contributed by atoms with Gasteiger partial charge < -0.3 is 10.5 Å². The van der Waals surface area contributed by atoms with Crippen molar-refractivity contribution in [3.63, 3.8) is 0 Å². The predicted molar refractivity (Wildman–Crippen MR) is 40.5 cm³/mol. The first kappa shape index (κ1) is 9.56. The maximum Gasteiger partial charge on any atom is 0.244 e. The molecule has 0 aliphatic heterocycles. The summed E-state index contributed by atoms with van der Waals surface area (Å²) < 4.78 is 28.6. The summed E-state index contributed by atoms with van der Waals surface area (Å²) in [6, 6.07) is 0. The molecule has 72 valence electrons. The minimum absolute atomic E-state index is 0.00620. The van der Waals surface area contributed by atoms with Crippen molar-refractivity contribution in [3.8, 4) is 5.88 Å². The molecule has 5 nitrogen and oxygen atoms in total. The average Bonchev–Trinajstić information content (AvgIpc) is 2.07. The maximum atomic E-state index is 12.0. The zero-order valence-electron chi connectivity index (χ0n) is 6.87. The number of ether oxygens (including phenoxy) is 1. The molecule has 7 heteroatoms. The number of methoxy groups -OCH3 is 1. The first-order valence-electron chi connectivity index (χ1n) is 3.44. The Balaban J connectivity index is 2.92. The molecule has 0 atom stereocenters. The van der Waals surface area contributed by atoms with Crippen LogP contribution in [0.1, 0.15) is 5.69 Å². The fourth-order valence-electron chi connectivity index (χ4n) is 0.783. The van der Waals surface area contributed by atoms with Gasteiger partial charge in [0.1, 0.15) is 5.69 Å². The van der Waals surface area contributed by atoms with Gasteiger partial charge in [-0.2, -0.15) is 4.98 Å². The van der Waals surface area contributed by atoms with E-state index in [-0.39, 0.29) is 17.5 Å². The summed E-state index contributed by atoms with van der Waals surface area (Å²) in [5, 5.41) is 6.79. The summed E-state index contributed by atoms with van der Waals surface area (Å²) in [5.41, 5.74) is 5.19. The number of nitrogens with two attached hydrogens (primary N) is 1. The smallest absolute Gasteiger partial charge is 0.244 e. The lowest BCUT2D eigenvalue weighted by Crippen LogP contribution is -2.08. The fraction of sp³-hybridized carbons (Fsp3) is 0.500. The topological polar surface area (TPSA) is 73.9 Å². The van der Waals surface area contributed by atoms with Crippen molar-refractivity contribution >= 4 is 5.95 Å².